The number of hydrogen-bond acceptors (Lipinski definition) is 6. The van der Waals surface area contributed by atoms with Gasteiger partial charge in [0.15, 0.2) is 5.11 Å². The lowest BCUT2D eigenvalue weighted by molar-refractivity contribution is -0.140. The van der Waals surface area contributed by atoms with Crippen molar-refractivity contribution in [3.63, 3.8) is 0 Å². The molecule has 1 aliphatic heterocycles. The number of carbonyl (C=O) groups excluding carboxylic acids is 1. The fourth-order valence-corrected chi connectivity index (χ4v) is 4.51. The molecule has 8 nitrogen and oxygen atoms in total. The van der Waals surface area contributed by atoms with Crippen LogP contribution in [0, 0.1) is 6.92 Å². The van der Waals surface area contributed by atoms with Crippen molar-refractivity contribution in [1.29, 1.82) is 0 Å². The lowest BCUT2D eigenvalue weighted by Crippen LogP contribution is -2.30. The molecule has 0 aliphatic carbocycles. The minimum absolute atomic E-state index is 0.227. The minimum Gasteiger partial charge on any atom is -0.478 e. The molecular weight excluding hydrogens is 454 g/mol. The summed E-state index contributed by atoms with van der Waals surface area (Å²) in [6, 6.07) is 13.9. The van der Waals surface area contributed by atoms with E-state index in [0.717, 1.165) is 16.8 Å². The number of aromatic nitrogens is 1. The molecule has 0 spiro atoms. The van der Waals surface area contributed by atoms with Crippen molar-refractivity contribution in [3.8, 4) is 11.3 Å². The van der Waals surface area contributed by atoms with Crippen LogP contribution in [0.4, 0.5) is 0 Å². The van der Waals surface area contributed by atoms with Crippen molar-refractivity contribution < 1.29 is 23.8 Å². The van der Waals surface area contributed by atoms with Crippen LogP contribution >= 0.6 is 12.2 Å². The summed E-state index contributed by atoms with van der Waals surface area (Å²) in [5, 5.41) is 13.2. The van der Waals surface area contributed by atoms with Gasteiger partial charge in [-0.25, -0.2) is 4.79 Å². The maximum absolute atomic E-state index is 11.6. The smallest absolute Gasteiger partial charge is 0.335 e. The van der Waals surface area contributed by atoms with Crippen molar-refractivity contribution in [2.75, 3.05) is 13.7 Å². The number of carboxylic acids is 1. The third kappa shape index (κ3) is 4.79. The quantitative estimate of drug-likeness (QED) is 0.362. The Morgan fingerprint density at radius 3 is 2.74 bits per heavy atom. The van der Waals surface area contributed by atoms with E-state index in [1.807, 2.05) is 42.2 Å². The van der Waals surface area contributed by atoms with Gasteiger partial charge in [-0.3, -0.25) is 9.78 Å². The van der Waals surface area contributed by atoms with Crippen LogP contribution in [0.1, 0.15) is 52.3 Å². The molecule has 176 valence electrons. The topological polar surface area (TPSA) is 105 Å². The Morgan fingerprint density at radius 2 is 2.06 bits per heavy atom. The van der Waals surface area contributed by atoms with Gasteiger partial charge in [0.25, 0.3) is 0 Å². The highest BCUT2D eigenvalue weighted by molar-refractivity contribution is 7.80. The molecule has 2 N–H and O–H groups in total. The third-order valence-electron chi connectivity index (χ3n) is 5.86. The second kappa shape index (κ2) is 10.0. The summed E-state index contributed by atoms with van der Waals surface area (Å²) < 4.78 is 11.1. The molecule has 1 aliphatic rings. The molecule has 34 heavy (non-hydrogen) atoms. The van der Waals surface area contributed by atoms with Crippen LogP contribution in [0.2, 0.25) is 0 Å². The number of benzene rings is 1. The number of ether oxygens (including phenoxy) is 1. The number of furan rings is 1. The van der Waals surface area contributed by atoms with Gasteiger partial charge < -0.3 is 24.5 Å². The summed E-state index contributed by atoms with van der Waals surface area (Å²) in [7, 11) is 1.37. The fraction of sp³-hybridized carbons (Fsp3) is 0.280. The maximum Gasteiger partial charge on any atom is 0.335 e. The first kappa shape index (κ1) is 23.4. The van der Waals surface area contributed by atoms with Gasteiger partial charge in [-0.1, -0.05) is 12.1 Å². The molecule has 9 heteroatoms. The predicted octanol–water partition coefficient (Wildman–Crippen LogP) is 4.27. The number of nitrogens with zero attached hydrogens (tertiary/aromatic N) is 2. The van der Waals surface area contributed by atoms with Crippen LogP contribution in [0.25, 0.3) is 11.3 Å². The SMILES string of the molecule is COC(=O)CCCN1C(=S)N[C@@H](c2ccccn2)[C@H]1c1ccc(-c2ccc(C(=O)O)cc2C)o1. The summed E-state index contributed by atoms with van der Waals surface area (Å²) in [4.78, 5) is 29.4. The lowest BCUT2D eigenvalue weighted by atomic mass is 10.0. The highest BCUT2D eigenvalue weighted by Gasteiger charge is 2.41. The van der Waals surface area contributed by atoms with Crippen molar-refractivity contribution in [2.45, 2.75) is 31.8 Å². The Labute approximate surface area is 202 Å². The molecule has 1 aromatic carbocycles. The molecule has 0 radical (unpaired) electrons. The Morgan fingerprint density at radius 1 is 1.24 bits per heavy atom. The van der Waals surface area contributed by atoms with Crippen molar-refractivity contribution in [1.82, 2.24) is 15.2 Å². The van der Waals surface area contributed by atoms with Gasteiger partial charge in [0.2, 0.25) is 0 Å². The highest BCUT2D eigenvalue weighted by atomic mass is 32.1. The zero-order valence-corrected chi connectivity index (χ0v) is 19.7. The summed E-state index contributed by atoms with van der Waals surface area (Å²) >= 11 is 5.64. The Hall–Kier alpha value is -3.72. The Balaban J connectivity index is 1.66. The van der Waals surface area contributed by atoms with Gasteiger partial charge in [0.05, 0.1) is 24.4 Å². The Kier molecular flexibility index (Phi) is 6.93. The van der Waals surface area contributed by atoms with Crippen LogP contribution in [0.15, 0.2) is 59.1 Å². The van der Waals surface area contributed by atoms with E-state index in [9.17, 15) is 14.7 Å². The number of thiocarbonyl (C=S) groups is 1. The molecular formula is C25H25N3O5S. The molecule has 0 amide bonds. The van der Waals surface area contributed by atoms with Gasteiger partial charge in [-0.05, 0) is 67.5 Å². The van der Waals surface area contributed by atoms with Crippen LogP contribution in [-0.2, 0) is 9.53 Å². The molecule has 0 unspecified atom stereocenters. The second-order valence-electron chi connectivity index (χ2n) is 8.04. The summed E-state index contributed by atoms with van der Waals surface area (Å²) in [5.74, 6) is 0.0897. The molecule has 0 saturated carbocycles. The number of pyridine rings is 1. The monoisotopic (exact) mass is 479 g/mol. The van der Waals surface area contributed by atoms with Gasteiger partial charge in [-0.15, -0.1) is 0 Å². The van der Waals surface area contributed by atoms with Gasteiger partial charge in [0.1, 0.15) is 17.6 Å². The summed E-state index contributed by atoms with van der Waals surface area (Å²) in [6.45, 7) is 2.39. The highest BCUT2D eigenvalue weighted by Crippen LogP contribution is 2.41. The average Bonchev–Trinajstić information content (AvgIpc) is 3.44. The standard InChI is InChI=1S/C25H25N3O5S/c1-15-14-16(24(30)31)8-9-17(15)19-10-11-20(33-19)23-22(18-6-3-4-12-26-18)27-25(34)28(23)13-5-7-21(29)32-2/h3-4,6,8-12,14,22-23H,5,7,13H2,1-2H3,(H,27,34)(H,30,31)/t22-,23+/m0/s1. The average molecular weight is 480 g/mol. The number of rotatable bonds is 8. The zero-order chi connectivity index (χ0) is 24.2. The third-order valence-corrected chi connectivity index (χ3v) is 6.21. The van der Waals surface area contributed by atoms with Gasteiger partial charge in [-0.2, -0.15) is 0 Å². The van der Waals surface area contributed by atoms with Gasteiger partial charge >= 0.3 is 11.9 Å². The summed E-state index contributed by atoms with van der Waals surface area (Å²) in [5.41, 5.74) is 2.67. The molecule has 3 aromatic rings. The molecule has 3 heterocycles. The van der Waals surface area contributed by atoms with Crippen LogP contribution in [0.5, 0.6) is 0 Å². The van der Waals surface area contributed by atoms with Crippen molar-refractivity contribution >= 4 is 29.3 Å². The number of carboxylic acid groups (broad SMARTS) is 1. The molecule has 0 bridgehead atoms. The largest absolute Gasteiger partial charge is 0.478 e. The first-order chi connectivity index (χ1) is 16.4. The maximum atomic E-state index is 11.6. The van der Waals surface area contributed by atoms with Crippen LogP contribution in [-0.4, -0.2) is 45.7 Å². The van der Waals surface area contributed by atoms with Crippen molar-refractivity contribution in [3.05, 3.63) is 77.3 Å². The fourth-order valence-electron chi connectivity index (χ4n) is 4.18. The van der Waals surface area contributed by atoms with Crippen LogP contribution in [0.3, 0.4) is 0 Å². The van der Waals surface area contributed by atoms with E-state index in [-0.39, 0.29) is 30.0 Å². The Bertz CT molecular complexity index is 1210. The molecule has 2 atom stereocenters. The number of esters is 1. The summed E-state index contributed by atoms with van der Waals surface area (Å²) in [6.07, 6.45) is 2.59. The first-order valence-corrected chi connectivity index (χ1v) is 11.3. The van der Waals surface area contributed by atoms with E-state index >= 15 is 0 Å². The number of hydrogen-bond donors (Lipinski definition) is 2. The van der Waals surface area contributed by atoms with E-state index in [1.54, 1.807) is 24.4 Å². The predicted molar refractivity (Wildman–Crippen MR) is 129 cm³/mol. The van der Waals surface area contributed by atoms with E-state index < -0.39 is 5.97 Å². The minimum atomic E-state index is -0.971. The van der Waals surface area contributed by atoms with E-state index in [1.165, 1.54) is 7.11 Å². The zero-order valence-electron chi connectivity index (χ0n) is 18.9. The second-order valence-corrected chi connectivity index (χ2v) is 8.42. The molecule has 1 saturated heterocycles. The van der Waals surface area contributed by atoms with Crippen molar-refractivity contribution in [2.24, 2.45) is 0 Å². The number of nitrogens with one attached hydrogen (secondary N) is 1. The van der Waals surface area contributed by atoms with Crippen LogP contribution < -0.4 is 5.32 Å². The van der Waals surface area contributed by atoms with Gasteiger partial charge in [0, 0.05) is 24.7 Å². The first-order valence-electron chi connectivity index (χ1n) is 10.9. The van der Waals surface area contributed by atoms with E-state index in [4.69, 9.17) is 21.4 Å². The number of aromatic carboxylic acids is 1. The number of carbonyl (C=O) groups is 2. The normalized spacial score (nSPS) is 17.5. The molecule has 2 aromatic heterocycles. The number of methoxy groups -OCH3 is 1. The molecule has 4 rings (SSSR count). The molecule has 1 fully saturated rings. The van der Waals surface area contributed by atoms with E-state index in [0.29, 0.717) is 29.6 Å². The number of aryl methyl sites for hydroxylation is 1. The lowest BCUT2D eigenvalue weighted by Gasteiger charge is -2.26. The van der Waals surface area contributed by atoms with E-state index in [2.05, 4.69) is 10.3 Å².